The van der Waals surface area contributed by atoms with Crippen LogP contribution >= 0.6 is 23.1 Å². The van der Waals surface area contributed by atoms with Crippen molar-refractivity contribution in [3.05, 3.63) is 69.6 Å². The van der Waals surface area contributed by atoms with Crippen molar-refractivity contribution in [2.24, 2.45) is 0 Å². The van der Waals surface area contributed by atoms with Crippen LogP contribution in [0.15, 0.2) is 64.3 Å². The lowest BCUT2D eigenvalue weighted by molar-refractivity contribution is -0.140. The van der Waals surface area contributed by atoms with Crippen molar-refractivity contribution in [1.29, 1.82) is 0 Å². The van der Waals surface area contributed by atoms with Crippen LogP contribution < -0.4 is 5.32 Å². The maximum atomic E-state index is 12.9. The van der Waals surface area contributed by atoms with E-state index in [0.717, 1.165) is 16.3 Å². The van der Waals surface area contributed by atoms with Crippen molar-refractivity contribution in [2.45, 2.75) is 23.9 Å². The molecule has 0 amide bonds. The maximum Gasteiger partial charge on any atom is 0.338 e. The van der Waals surface area contributed by atoms with Gasteiger partial charge in [0, 0.05) is 23.4 Å². The minimum absolute atomic E-state index is 0.200. The number of ether oxygens (including phenoxy) is 2. The van der Waals surface area contributed by atoms with Crippen molar-refractivity contribution in [2.75, 3.05) is 25.6 Å². The first-order valence-corrected chi connectivity index (χ1v) is 11.3. The van der Waals surface area contributed by atoms with Crippen molar-refractivity contribution in [1.82, 2.24) is 14.8 Å². The van der Waals surface area contributed by atoms with E-state index >= 15 is 0 Å². The Kier molecular flexibility index (Phi) is 6.51. The van der Waals surface area contributed by atoms with Crippen LogP contribution in [0.5, 0.6) is 0 Å². The van der Waals surface area contributed by atoms with Gasteiger partial charge in [-0.05, 0) is 23.9 Å². The van der Waals surface area contributed by atoms with Crippen LogP contribution in [0.2, 0.25) is 0 Å². The van der Waals surface area contributed by atoms with Crippen molar-refractivity contribution in [3.63, 3.8) is 0 Å². The Balaban J connectivity index is 1.61. The van der Waals surface area contributed by atoms with Crippen LogP contribution in [-0.4, -0.2) is 41.1 Å². The molecule has 0 aliphatic carbocycles. The number of methoxy groups -OCH3 is 1. The number of hydrogen-bond donors (Lipinski definition) is 1. The minimum Gasteiger partial charge on any atom is -0.460 e. The highest BCUT2D eigenvalue weighted by Crippen LogP contribution is 2.38. The minimum atomic E-state index is -0.380. The molecule has 156 valence electrons. The third kappa shape index (κ3) is 4.43. The highest BCUT2D eigenvalue weighted by molar-refractivity contribution is 7.98. The normalized spacial score (nSPS) is 15.6. The molecule has 7 nitrogen and oxygen atoms in total. The fraction of sp³-hybridized carbons (Fsp3) is 0.286. The smallest absolute Gasteiger partial charge is 0.338 e. The number of nitrogens with zero attached hydrogens (tertiary/aromatic N) is 3. The van der Waals surface area contributed by atoms with Crippen LogP contribution in [0.1, 0.15) is 23.4 Å². The summed E-state index contributed by atoms with van der Waals surface area (Å²) >= 11 is 3.14. The molecule has 4 rings (SSSR count). The van der Waals surface area contributed by atoms with E-state index in [4.69, 9.17) is 14.6 Å². The highest BCUT2D eigenvalue weighted by Gasteiger charge is 2.35. The number of benzene rings is 1. The van der Waals surface area contributed by atoms with Gasteiger partial charge < -0.3 is 14.8 Å². The van der Waals surface area contributed by atoms with Gasteiger partial charge in [0.05, 0.1) is 12.2 Å². The number of hydrogen-bond acceptors (Lipinski definition) is 8. The number of carbonyl (C=O) groups excluding carboxylic acids is 1. The van der Waals surface area contributed by atoms with Gasteiger partial charge in [-0.1, -0.05) is 48.2 Å². The van der Waals surface area contributed by atoms with Gasteiger partial charge in [0.2, 0.25) is 11.1 Å². The third-order valence-electron chi connectivity index (χ3n) is 4.60. The number of nitrogens with one attached hydrogen (secondary N) is 1. The first-order valence-electron chi connectivity index (χ1n) is 9.48. The summed E-state index contributed by atoms with van der Waals surface area (Å²) in [5.41, 5.74) is 2.45. The molecule has 1 aromatic carbocycles. The van der Waals surface area contributed by atoms with E-state index in [0.29, 0.717) is 23.3 Å². The summed E-state index contributed by atoms with van der Waals surface area (Å²) in [7, 11) is 1.57. The van der Waals surface area contributed by atoms with Crippen molar-refractivity contribution < 1.29 is 14.3 Å². The van der Waals surface area contributed by atoms with Crippen molar-refractivity contribution in [3.8, 4) is 0 Å². The first-order chi connectivity index (χ1) is 14.7. The Morgan fingerprint density at radius 2 is 2.07 bits per heavy atom. The van der Waals surface area contributed by atoms with Gasteiger partial charge in [-0.2, -0.15) is 4.98 Å². The number of anilines is 1. The zero-order valence-corrected chi connectivity index (χ0v) is 18.3. The lowest BCUT2D eigenvalue weighted by Crippen LogP contribution is -2.29. The zero-order chi connectivity index (χ0) is 20.9. The summed E-state index contributed by atoms with van der Waals surface area (Å²) in [5.74, 6) is 1.01. The Labute approximate surface area is 183 Å². The molecule has 1 N–H and O–H groups in total. The van der Waals surface area contributed by atoms with E-state index in [9.17, 15) is 4.79 Å². The highest BCUT2D eigenvalue weighted by atomic mass is 32.2. The van der Waals surface area contributed by atoms with Gasteiger partial charge >= 0.3 is 5.97 Å². The Morgan fingerprint density at radius 3 is 2.80 bits per heavy atom. The second-order valence-corrected chi connectivity index (χ2v) is 8.57. The molecule has 3 aromatic rings. The molecule has 0 saturated heterocycles. The SMILES string of the molecule is COCCOC(=O)C1=C(C)Nc2nc(SCc3ccccc3)nn2[C@H]1c1cccs1. The predicted octanol–water partition coefficient (Wildman–Crippen LogP) is 4.11. The number of thiophene rings is 1. The Morgan fingerprint density at radius 1 is 1.23 bits per heavy atom. The fourth-order valence-electron chi connectivity index (χ4n) is 3.18. The summed E-state index contributed by atoms with van der Waals surface area (Å²) in [4.78, 5) is 18.5. The van der Waals surface area contributed by atoms with Gasteiger partial charge in [-0.3, -0.25) is 0 Å². The standard InChI is InChI=1S/C21H22N4O3S2/c1-14-17(19(26)28-11-10-27-2)18(16-9-6-12-29-16)25-20(22-14)23-21(24-25)30-13-15-7-4-3-5-8-15/h3-9,12,18H,10-11,13H2,1-2H3,(H,22,23,24)/t18-/m0/s1. The maximum absolute atomic E-state index is 12.9. The van der Waals surface area contributed by atoms with E-state index in [1.807, 2.05) is 42.6 Å². The molecule has 30 heavy (non-hydrogen) atoms. The van der Waals surface area contributed by atoms with Crippen LogP contribution in [-0.2, 0) is 20.0 Å². The molecular weight excluding hydrogens is 420 g/mol. The average molecular weight is 443 g/mol. The molecule has 1 aliphatic rings. The number of aromatic nitrogens is 3. The summed E-state index contributed by atoms with van der Waals surface area (Å²) in [6.07, 6.45) is 0. The topological polar surface area (TPSA) is 78.3 Å². The second-order valence-electron chi connectivity index (χ2n) is 6.65. The first kappa shape index (κ1) is 20.6. The third-order valence-corrected chi connectivity index (χ3v) is 6.43. The van der Waals surface area contributed by atoms with Gasteiger partial charge in [0.15, 0.2) is 0 Å². The average Bonchev–Trinajstić information content (AvgIpc) is 3.42. The molecule has 0 radical (unpaired) electrons. The fourth-order valence-corrected chi connectivity index (χ4v) is 4.79. The number of carbonyl (C=O) groups is 1. The number of allylic oxidation sites excluding steroid dienone is 1. The number of esters is 1. The van der Waals surface area contributed by atoms with Crippen LogP contribution in [0, 0.1) is 0 Å². The van der Waals surface area contributed by atoms with E-state index in [1.54, 1.807) is 34.9 Å². The predicted molar refractivity (Wildman–Crippen MR) is 118 cm³/mol. The van der Waals surface area contributed by atoms with Gasteiger partial charge in [-0.25, -0.2) is 9.48 Å². The molecule has 9 heteroatoms. The molecule has 2 aromatic heterocycles. The van der Waals surface area contributed by atoms with Gasteiger partial charge in [-0.15, -0.1) is 16.4 Å². The quantitative estimate of drug-likeness (QED) is 0.319. The van der Waals surface area contributed by atoms with Crippen LogP contribution in [0.4, 0.5) is 5.95 Å². The zero-order valence-electron chi connectivity index (χ0n) is 16.7. The summed E-state index contributed by atoms with van der Waals surface area (Å²) in [6, 6.07) is 13.8. The number of rotatable bonds is 8. The summed E-state index contributed by atoms with van der Waals surface area (Å²) in [5, 5.41) is 10.6. The monoisotopic (exact) mass is 442 g/mol. The molecule has 0 fully saturated rings. The summed E-state index contributed by atoms with van der Waals surface area (Å²) in [6.45, 7) is 2.41. The second kappa shape index (κ2) is 9.46. The van der Waals surface area contributed by atoms with Crippen molar-refractivity contribution >= 4 is 35.0 Å². The van der Waals surface area contributed by atoms with Gasteiger partial charge in [0.1, 0.15) is 12.6 Å². The number of thioether (sulfide) groups is 1. The molecule has 1 aliphatic heterocycles. The molecule has 0 bridgehead atoms. The van der Waals surface area contributed by atoms with Crippen LogP contribution in [0.3, 0.4) is 0 Å². The van der Waals surface area contributed by atoms with E-state index < -0.39 is 0 Å². The Bertz CT molecular complexity index is 1030. The molecular formula is C21H22N4O3S2. The molecule has 0 unspecified atom stereocenters. The number of fused-ring (bicyclic) bond motifs is 1. The summed E-state index contributed by atoms with van der Waals surface area (Å²) < 4.78 is 12.2. The molecule has 3 heterocycles. The lowest BCUT2D eigenvalue weighted by Gasteiger charge is -2.27. The van der Waals surface area contributed by atoms with E-state index in [1.165, 1.54) is 5.56 Å². The van der Waals surface area contributed by atoms with E-state index in [-0.39, 0.29) is 18.6 Å². The molecule has 1 atom stereocenters. The van der Waals surface area contributed by atoms with Gasteiger partial charge in [0.25, 0.3) is 0 Å². The Hall–Kier alpha value is -2.62. The van der Waals surface area contributed by atoms with Crippen LogP contribution in [0.25, 0.3) is 0 Å². The lowest BCUT2D eigenvalue weighted by atomic mass is 10.0. The molecule has 0 saturated carbocycles. The molecule has 0 spiro atoms. The largest absolute Gasteiger partial charge is 0.460 e. The van der Waals surface area contributed by atoms with E-state index in [2.05, 4.69) is 22.4 Å².